The molecule has 148 valence electrons. The summed E-state index contributed by atoms with van der Waals surface area (Å²) in [5, 5.41) is 4.24. The Balaban J connectivity index is 1.51. The predicted octanol–water partition coefficient (Wildman–Crippen LogP) is 2.15. The van der Waals surface area contributed by atoms with Gasteiger partial charge in [0.2, 0.25) is 0 Å². The fourth-order valence-corrected chi connectivity index (χ4v) is 4.32. The van der Waals surface area contributed by atoms with E-state index in [0.717, 1.165) is 31.5 Å². The Hall–Kier alpha value is -2.83. The molecule has 0 spiro atoms. The Morgan fingerprint density at radius 2 is 2.00 bits per heavy atom. The highest BCUT2D eigenvalue weighted by Crippen LogP contribution is 2.29. The third kappa shape index (κ3) is 3.74. The van der Waals surface area contributed by atoms with E-state index < -0.39 is 0 Å². The topological polar surface area (TPSA) is 61.7 Å². The van der Waals surface area contributed by atoms with Gasteiger partial charge in [-0.25, -0.2) is 4.79 Å². The van der Waals surface area contributed by atoms with E-state index in [1.165, 1.54) is 0 Å². The van der Waals surface area contributed by atoms with Gasteiger partial charge in [0.25, 0.3) is 5.91 Å². The van der Waals surface area contributed by atoms with Crippen LogP contribution in [0.25, 0.3) is 0 Å². The van der Waals surface area contributed by atoms with E-state index >= 15 is 0 Å². The molecule has 2 aromatic rings. The average molecular weight is 381 g/mol. The molecule has 2 bridgehead atoms. The van der Waals surface area contributed by atoms with Gasteiger partial charge >= 0.3 is 6.03 Å². The van der Waals surface area contributed by atoms with Gasteiger partial charge in [-0.1, -0.05) is 12.1 Å². The summed E-state index contributed by atoms with van der Waals surface area (Å²) in [7, 11) is 3.56. The van der Waals surface area contributed by atoms with E-state index in [2.05, 4.69) is 5.10 Å². The largest absolute Gasteiger partial charge is 0.334 e. The van der Waals surface area contributed by atoms with Crippen molar-refractivity contribution < 1.29 is 9.59 Å². The fraction of sp³-hybridized carbons (Fsp3) is 0.476. The van der Waals surface area contributed by atoms with Crippen molar-refractivity contribution >= 4 is 11.9 Å². The predicted molar refractivity (Wildman–Crippen MR) is 106 cm³/mol. The lowest BCUT2D eigenvalue weighted by molar-refractivity contribution is 0.0585. The summed E-state index contributed by atoms with van der Waals surface area (Å²) in [5.41, 5.74) is 1.77. The summed E-state index contributed by atoms with van der Waals surface area (Å²) < 4.78 is 1.85. The quantitative estimate of drug-likeness (QED) is 0.818. The zero-order valence-corrected chi connectivity index (χ0v) is 16.5. The summed E-state index contributed by atoms with van der Waals surface area (Å²) in [6, 6.07) is 9.82. The average Bonchev–Trinajstić information content (AvgIpc) is 3.03. The number of piperidine rings is 1. The van der Waals surface area contributed by atoms with Gasteiger partial charge in [-0.2, -0.15) is 5.10 Å². The Kier molecular flexibility index (Phi) is 5.07. The van der Waals surface area contributed by atoms with E-state index in [-0.39, 0.29) is 18.0 Å². The third-order valence-corrected chi connectivity index (χ3v) is 5.71. The molecule has 0 aliphatic carbocycles. The van der Waals surface area contributed by atoms with E-state index in [1.54, 1.807) is 25.2 Å². The molecule has 3 aliphatic heterocycles. The number of benzene rings is 1. The Labute approximate surface area is 165 Å². The number of amides is 3. The lowest BCUT2D eigenvalue weighted by atomic mass is 9.94. The van der Waals surface area contributed by atoms with Crippen LogP contribution in [0.3, 0.4) is 0 Å². The number of urea groups is 1. The molecule has 1 aromatic heterocycles. The molecule has 3 fully saturated rings. The van der Waals surface area contributed by atoms with Crippen LogP contribution in [0.4, 0.5) is 4.79 Å². The number of nitrogens with zero attached hydrogens (tertiary/aromatic N) is 5. The maximum atomic E-state index is 13.3. The Morgan fingerprint density at radius 1 is 1.14 bits per heavy atom. The highest BCUT2D eigenvalue weighted by atomic mass is 16.2. The van der Waals surface area contributed by atoms with Gasteiger partial charge in [-0.05, 0) is 42.5 Å². The number of hydrogen-bond acceptors (Lipinski definition) is 3. The normalized spacial score (nSPS) is 21.5. The van der Waals surface area contributed by atoms with Crippen molar-refractivity contribution in [1.82, 2.24) is 24.5 Å². The molecule has 0 saturated carbocycles. The summed E-state index contributed by atoms with van der Waals surface area (Å²) in [6.07, 6.45) is 5.70. The highest BCUT2D eigenvalue weighted by Gasteiger charge is 2.39. The number of carbonyl (C=O) groups excluding carboxylic acids is 2. The minimum absolute atomic E-state index is 0.0346. The van der Waals surface area contributed by atoms with Gasteiger partial charge in [-0.15, -0.1) is 0 Å². The number of hydrogen-bond donors (Lipinski definition) is 0. The SMILES string of the molecule is CN(C)C(=O)N1C[C@@H]2CC[C@H](C1)N(C(=O)c1cccc(Cn3cccn3)c1)C2. The van der Waals surface area contributed by atoms with Crippen molar-refractivity contribution in [3.8, 4) is 0 Å². The van der Waals surface area contributed by atoms with Crippen LogP contribution in [-0.2, 0) is 6.54 Å². The van der Waals surface area contributed by atoms with Crippen LogP contribution >= 0.6 is 0 Å². The molecule has 3 aliphatic rings. The van der Waals surface area contributed by atoms with Gasteiger partial charge in [-0.3, -0.25) is 9.48 Å². The van der Waals surface area contributed by atoms with E-state index in [9.17, 15) is 9.59 Å². The van der Waals surface area contributed by atoms with Gasteiger partial charge in [0.15, 0.2) is 0 Å². The molecule has 3 amide bonds. The monoisotopic (exact) mass is 381 g/mol. The lowest BCUT2D eigenvalue weighted by Gasteiger charge is -2.36. The van der Waals surface area contributed by atoms with Crippen LogP contribution in [-0.4, -0.2) is 76.2 Å². The van der Waals surface area contributed by atoms with Gasteiger partial charge in [0.05, 0.1) is 6.54 Å². The molecule has 7 heteroatoms. The minimum atomic E-state index is 0.0346. The first-order valence-corrected chi connectivity index (χ1v) is 9.85. The fourth-order valence-electron chi connectivity index (χ4n) is 4.32. The molecule has 0 N–H and O–H groups in total. The van der Waals surface area contributed by atoms with Crippen molar-refractivity contribution in [2.45, 2.75) is 25.4 Å². The first kappa shape index (κ1) is 18.5. The standard InChI is InChI=1S/C21H27N5O2/c1-23(2)21(28)24-12-17-7-8-19(15-24)26(14-17)20(27)18-6-3-5-16(11-18)13-25-10-4-9-22-25/h3-6,9-11,17,19H,7-8,12-15H2,1-2H3/t17-,19+/m0/s1. The lowest BCUT2D eigenvalue weighted by Crippen LogP contribution is -2.48. The van der Waals surface area contributed by atoms with Crippen LogP contribution in [0.1, 0.15) is 28.8 Å². The summed E-state index contributed by atoms with van der Waals surface area (Å²) in [6.45, 7) is 2.72. The molecule has 3 saturated heterocycles. The third-order valence-electron chi connectivity index (χ3n) is 5.71. The van der Waals surface area contributed by atoms with Crippen molar-refractivity contribution in [2.24, 2.45) is 5.92 Å². The molecule has 28 heavy (non-hydrogen) atoms. The van der Waals surface area contributed by atoms with Crippen LogP contribution < -0.4 is 0 Å². The molecular formula is C21H27N5O2. The number of carbonyl (C=O) groups is 2. The highest BCUT2D eigenvalue weighted by molar-refractivity contribution is 5.94. The molecular weight excluding hydrogens is 354 g/mol. The van der Waals surface area contributed by atoms with Crippen molar-refractivity contribution in [3.63, 3.8) is 0 Å². The maximum absolute atomic E-state index is 13.3. The summed E-state index contributed by atoms with van der Waals surface area (Å²) >= 11 is 0. The van der Waals surface area contributed by atoms with Crippen molar-refractivity contribution in [1.29, 1.82) is 0 Å². The van der Waals surface area contributed by atoms with Gasteiger partial charge < -0.3 is 14.7 Å². The molecule has 5 rings (SSSR count). The second kappa shape index (κ2) is 7.66. The van der Waals surface area contributed by atoms with Crippen molar-refractivity contribution in [2.75, 3.05) is 33.7 Å². The smallest absolute Gasteiger partial charge is 0.319 e. The van der Waals surface area contributed by atoms with Crippen LogP contribution in [0.15, 0.2) is 42.7 Å². The first-order valence-electron chi connectivity index (χ1n) is 9.85. The van der Waals surface area contributed by atoms with Crippen LogP contribution in [0.5, 0.6) is 0 Å². The zero-order chi connectivity index (χ0) is 19.7. The molecule has 1 aromatic carbocycles. The number of aromatic nitrogens is 2. The summed E-state index contributed by atoms with van der Waals surface area (Å²) in [4.78, 5) is 31.3. The Bertz CT molecular complexity index is 848. The van der Waals surface area contributed by atoms with Gasteiger partial charge in [0.1, 0.15) is 0 Å². The van der Waals surface area contributed by atoms with E-state index in [1.807, 2.05) is 51.0 Å². The molecule has 0 radical (unpaired) electrons. The number of fused-ring (bicyclic) bond motifs is 4. The van der Waals surface area contributed by atoms with E-state index in [4.69, 9.17) is 0 Å². The number of rotatable bonds is 3. The molecule has 4 heterocycles. The Morgan fingerprint density at radius 3 is 2.75 bits per heavy atom. The maximum Gasteiger partial charge on any atom is 0.319 e. The van der Waals surface area contributed by atoms with Gasteiger partial charge in [0, 0.05) is 57.7 Å². The second-order valence-electron chi connectivity index (χ2n) is 8.04. The van der Waals surface area contributed by atoms with Crippen LogP contribution in [0, 0.1) is 5.92 Å². The minimum Gasteiger partial charge on any atom is -0.334 e. The molecule has 2 atom stereocenters. The first-order chi connectivity index (χ1) is 13.5. The van der Waals surface area contributed by atoms with Crippen LogP contribution in [0.2, 0.25) is 0 Å². The zero-order valence-electron chi connectivity index (χ0n) is 16.5. The molecule has 0 unspecified atom stereocenters. The summed E-state index contributed by atoms with van der Waals surface area (Å²) in [5.74, 6) is 0.412. The molecule has 7 nitrogen and oxygen atoms in total. The van der Waals surface area contributed by atoms with E-state index in [0.29, 0.717) is 24.6 Å². The second-order valence-corrected chi connectivity index (χ2v) is 8.04. The van der Waals surface area contributed by atoms with Crippen molar-refractivity contribution in [3.05, 3.63) is 53.9 Å².